The standard InChI is InChI=1S/C24H28ClF4NO5S/c1-4-15(24(27,28)29)10-22(32)30(14(3)31)19-12-21(17(25)11-18(19)26)36-20(5-2)23(33)35-13-16-8-6-7-9-34-16/h10-12,16,20H,4-9,13H2,1-3H3/b15-10+. The molecule has 0 N–H and O–H groups in total. The van der Waals surface area contributed by atoms with E-state index in [0.29, 0.717) is 17.9 Å². The molecule has 6 nitrogen and oxygen atoms in total. The maximum absolute atomic E-state index is 14.8. The van der Waals surface area contributed by atoms with Crippen LogP contribution in [0.4, 0.5) is 23.2 Å². The Labute approximate surface area is 216 Å². The smallest absolute Gasteiger partial charge is 0.412 e. The normalized spacial score (nSPS) is 17.4. The van der Waals surface area contributed by atoms with Gasteiger partial charge in [-0.3, -0.25) is 14.4 Å². The number of esters is 1. The number of amides is 2. The van der Waals surface area contributed by atoms with Gasteiger partial charge in [-0.05, 0) is 44.2 Å². The molecule has 2 unspecified atom stereocenters. The Morgan fingerprint density at radius 1 is 1.28 bits per heavy atom. The summed E-state index contributed by atoms with van der Waals surface area (Å²) in [5.74, 6) is -3.98. The summed E-state index contributed by atoms with van der Waals surface area (Å²) in [6.45, 7) is 4.55. The van der Waals surface area contributed by atoms with Crippen molar-refractivity contribution in [2.75, 3.05) is 18.1 Å². The molecule has 0 aliphatic carbocycles. The lowest BCUT2D eigenvalue weighted by Crippen LogP contribution is -2.35. The second-order valence-electron chi connectivity index (χ2n) is 8.08. The van der Waals surface area contributed by atoms with Gasteiger partial charge < -0.3 is 9.47 Å². The van der Waals surface area contributed by atoms with Gasteiger partial charge in [0.2, 0.25) is 5.91 Å². The third-order valence-corrected chi connectivity index (χ3v) is 7.24. The first-order valence-electron chi connectivity index (χ1n) is 11.4. The molecule has 2 atom stereocenters. The number of imide groups is 1. The maximum atomic E-state index is 14.8. The molecular formula is C24H28ClF4NO5S. The van der Waals surface area contributed by atoms with E-state index in [2.05, 4.69) is 0 Å². The summed E-state index contributed by atoms with van der Waals surface area (Å²) in [7, 11) is 0. The number of nitrogens with zero attached hydrogens (tertiary/aromatic N) is 1. The Balaban J connectivity index is 2.29. The quantitative estimate of drug-likeness (QED) is 0.156. The number of anilines is 1. The predicted molar refractivity (Wildman–Crippen MR) is 128 cm³/mol. The molecule has 0 saturated carbocycles. The Morgan fingerprint density at radius 2 is 1.97 bits per heavy atom. The topological polar surface area (TPSA) is 72.9 Å². The van der Waals surface area contributed by atoms with Crippen LogP contribution in [0.2, 0.25) is 5.02 Å². The van der Waals surface area contributed by atoms with Crippen molar-refractivity contribution in [1.82, 2.24) is 0 Å². The molecule has 1 heterocycles. The molecule has 2 amide bonds. The zero-order valence-electron chi connectivity index (χ0n) is 20.1. The van der Waals surface area contributed by atoms with Gasteiger partial charge in [0.15, 0.2) is 0 Å². The van der Waals surface area contributed by atoms with Gasteiger partial charge in [-0.1, -0.05) is 25.4 Å². The van der Waals surface area contributed by atoms with Crippen LogP contribution in [0.5, 0.6) is 0 Å². The first kappa shape index (κ1) is 30.1. The van der Waals surface area contributed by atoms with Crippen molar-refractivity contribution < 1.29 is 41.4 Å². The first-order valence-corrected chi connectivity index (χ1v) is 12.7. The van der Waals surface area contributed by atoms with Crippen molar-refractivity contribution in [3.05, 3.63) is 34.6 Å². The monoisotopic (exact) mass is 553 g/mol. The summed E-state index contributed by atoms with van der Waals surface area (Å²) in [4.78, 5) is 37.9. The molecule has 1 aromatic rings. The second-order valence-corrected chi connectivity index (χ2v) is 9.73. The Morgan fingerprint density at radius 3 is 2.50 bits per heavy atom. The van der Waals surface area contributed by atoms with E-state index in [1.54, 1.807) is 6.92 Å². The Kier molecular flexibility index (Phi) is 11.2. The van der Waals surface area contributed by atoms with Gasteiger partial charge >= 0.3 is 12.1 Å². The molecule has 0 bridgehead atoms. The van der Waals surface area contributed by atoms with Gasteiger partial charge in [-0.15, -0.1) is 11.8 Å². The molecule has 1 aliphatic rings. The molecule has 200 valence electrons. The van der Waals surface area contributed by atoms with Crippen LogP contribution >= 0.6 is 23.4 Å². The van der Waals surface area contributed by atoms with Crippen LogP contribution < -0.4 is 4.90 Å². The van der Waals surface area contributed by atoms with Crippen molar-refractivity contribution in [1.29, 1.82) is 0 Å². The summed E-state index contributed by atoms with van der Waals surface area (Å²) in [5.41, 5.74) is -1.74. The van der Waals surface area contributed by atoms with Gasteiger partial charge in [0.1, 0.15) is 17.7 Å². The summed E-state index contributed by atoms with van der Waals surface area (Å²) >= 11 is 7.09. The summed E-state index contributed by atoms with van der Waals surface area (Å²) < 4.78 is 65.0. The molecule has 1 saturated heterocycles. The molecule has 36 heavy (non-hydrogen) atoms. The van der Waals surface area contributed by atoms with Crippen LogP contribution in [0.25, 0.3) is 0 Å². The number of hydrogen-bond acceptors (Lipinski definition) is 6. The van der Waals surface area contributed by atoms with E-state index in [1.165, 1.54) is 6.92 Å². The van der Waals surface area contributed by atoms with Crippen molar-refractivity contribution in [2.24, 2.45) is 0 Å². The fourth-order valence-electron chi connectivity index (χ4n) is 3.48. The van der Waals surface area contributed by atoms with Gasteiger partial charge in [-0.25, -0.2) is 9.29 Å². The van der Waals surface area contributed by atoms with E-state index in [9.17, 15) is 31.9 Å². The molecule has 1 aromatic carbocycles. The number of ether oxygens (including phenoxy) is 2. The second kappa shape index (κ2) is 13.4. The number of alkyl halides is 3. The van der Waals surface area contributed by atoms with E-state index < -0.39 is 52.7 Å². The minimum Gasteiger partial charge on any atom is -0.462 e. The average molecular weight is 554 g/mol. The largest absolute Gasteiger partial charge is 0.462 e. The highest BCUT2D eigenvalue weighted by Gasteiger charge is 2.34. The number of hydrogen-bond donors (Lipinski definition) is 0. The van der Waals surface area contributed by atoms with Crippen LogP contribution in [0.15, 0.2) is 28.7 Å². The molecule has 2 rings (SSSR count). The van der Waals surface area contributed by atoms with E-state index in [0.717, 1.165) is 50.1 Å². The lowest BCUT2D eigenvalue weighted by atomic mass is 10.1. The fourth-order valence-corrected chi connectivity index (χ4v) is 4.75. The zero-order chi connectivity index (χ0) is 27.0. The summed E-state index contributed by atoms with van der Waals surface area (Å²) in [6, 6.07) is 1.90. The van der Waals surface area contributed by atoms with E-state index >= 15 is 0 Å². The van der Waals surface area contributed by atoms with Crippen LogP contribution in [0.3, 0.4) is 0 Å². The molecule has 0 aromatic heterocycles. The Hall–Kier alpha value is -2.11. The minimum atomic E-state index is -4.79. The van der Waals surface area contributed by atoms with Crippen LogP contribution in [-0.2, 0) is 23.9 Å². The lowest BCUT2D eigenvalue weighted by molar-refractivity contribution is -0.148. The molecule has 0 spiro atoms. The molecule has 1 fully saturated rings. The number of rotatable bonds is 9. The average Bonchev–Trinajstić information content (AvgIpc) is 2.81. The number of halogens is 5. The van der Waals surface area contributed by atoms with Gasteiger partial charge in [0.05, 0.1) is 16.8 Å². The van der Waals surface area contributed by atoms with Crippen molar-refractivity contribution in [3.8, 4) is 0 Å². The minimum absolute atomic E-state index is 0.0935. The summed E-state index contributed by atoms with van der Waals surface area (Å²) in [6.07, 6.45) is -2.19. The lowest BCUT2D eigenvalue weighted by Gasteiger charge is -2.24. The van der Waals surface area contributed by atoms with Crippen LogP contribution in [0, 0.1) is 5.82 Å². The molecule has 0 radical (unpaired) electrons. The number of benzene rings is 1. The van der Waals surface area contributed by atoms with E-state index in [4.69, 9.17) is 21.1 Å². The third-order valence-electron chi connectivity index (χ3n) is 5.41. The number of carbonyl (C=O) groups excluding carboxylic acids is 3. The number of allylic oxidation sites excluding steroid dienone is 1. The fraction of sp³-hybridized carbons (Fsp3) is 0.542. The maximum Gasteiger partial charge on any atom is 0.412 e. The zero-order valence-corrected chi connectivity index (χ0v) is 21.7. The molecule has 12 heteroatoms. The SMILES string of the molecule is CC/C(=C\C(=O)N(C(C)=O)c1cc(SC(CC)C(=O)OCC2CCCCO2)c(Cl)cc1F)C(F)(F)F. The number of carbonyl (C=O) groups is 3. The highest BCUT2D eigenvalue weighted by molar-refractivity contribution is 8.00. The van der Waals surface area contributed by atoms with Gasteiger partial charge in [-0.2, -0.15) is 13.2 Å². The molecular weight excluding hydrogens is 526 g/mol. The molecule has 1 aliphatic heterocycles. The predicted octanol–water partition coefficient (Wildman–Crippen LogP) is 6.24. The van der Waals surface area contributed by atoms with Gasteiger partial charge in [0, 0.05) is 30.1 Å². The first-order chi connectivity index (χ1) is 16.9. The highest BCUT2D eigenvalue weighted by Crippen LogP contribution is 2.37. The van der Waals surface area contributed by atoms with Crippen molar-refractivity contribution >= 4 is 46.8 Å². The van der Waals surface area contributed by atoms with Crippen LogP contribution in [0.1, 0.15) is 52.9 Å². The van der Waals surface area contributed by atoms with Crippen molar-refractivity contribution in [3.63, 3.8) is 0 Å². The van der Waals surface area contributed by atoms with Crippen molar-refractivity contribution in [2.45, 2.75) is 75.3 Å². The van der Waals surface area contributed by atoms with Gasteiger partial charge in [0.25, 0.3) is 5.91 Å². The van der Waals surface area contributed by atoms with E-state index in [-0.39, 0.29) is 28.7 Å². The van der Waals surface area contributed by atoms with E-state index in [1.807, 2.05) is 0 Å². The highest BCUT2D eigenvalue weighted by atomic mass is 35.5. The Bertz CT molecular complexity index is 995. The van der Waals surface area contributed by atoms with Crippen LogP contribution in [-0.4, -0.2) is 48.5 Å². The number of thioether (sulfide) groups is 1. The third kappa shape index (κ3) is 8.21. The summed E-state index contributed by atoms with van der Waals surface area (Å²) in [5, 5.41) is -0.846.